The van der Waals surface area contributed by atoms with Gasteiger partial charge in [0.15, 0.2) is 18.3 Å². The van der Waals surface area contributed by atoms with Gasteiger partial charge in [-0.1, -0.05) is 0 Å². The maximum absolute atomic E-state index is 11.5. The van der Waals surface area contributed by atoms with Crippen LogP contribution in [-0.2, 0) is 47.7 Å². The Morgan fingerprint density at radius 3 is 1.42 bits per heavy atom. The molecule has 0 bridgehead atoms. The Balaban J connectivity index is 5.80. The van der Waals surface area contributed by atoms with Gasteiger partial charge in [-0.15, -0.1) is 0 Å². The van der Waals surface area contributed by atoms with Crippen molar-refractivity contribution in [2.24, 2.45) is 0 Å². The predicted molar refractivity (Wildman–Crippen MR) is 84.5 cm³/mol. The van der Waals surface area contributed by atoms with Crippen molar-refractivity contribution < 1.29 is 47.7 Å². The number of carbonyl (C=O) groups excluding carboxylic acids is 5. The van der Waals surface area contributed by atoms with Crippen LogP contribution in [0.1, 0.15) is 41.5 Å². The standard InChI is InChI=1S/C16H24O10/c1-8(23-10(3)18)15(25-12(5)20)16(26-13(6)21)14(24-11(4)19)7-22-9(2)17/h8,14-16H,7H2,1-6H3/t8-,14+,15+,16+/m0/s1. The topological polar surface area (TPSA) is 132 Å². The van der Waals surface area contributed by atoms with Crippen molar-refractivity contribution in [3.63, 3.8) is 0 Å². The fourth-order valence-corrected chi connectivity index (χ4v) is 2.11. The number of ether oxygens (including phenoxy) is 5. The van der Waals surface area contributed by atoms with Gasteiger partial charge in [0.2, 0.25) is 0 Å². The lowest BCUT2D eigenvalue weighted by molar-refractivity contribution is -0.201. The summed E-state index contributed by atoms with van der Waals surface area (Å²) in [5.74, 6) is -3.61. The number of hydrogen-bond acceptors (Lipinski definition) is 10. The van der Waals surface area contributed by atoms with Gasteiger partial charge >= 0.3 is 29.8 Å². The first-order valence-corrected chi connectivity index (χ1v) is 7.76. The van der Waals surface area contributed by atoms with Crippen LogP contribution in [0.5, 0.6) is 0 Å². The molecule has 0 saturated heterocycles. The van der Waals surface area contributed by atoms with Crippen LogP contribution < -0.4 is 0 Å². The van der Waals surface area contributed by atoms with E-state index < -0.39 is 60.9 Å². The molecule has 0 amide bonds. The number of esters is 5. The van der Waals surface area contributed by atoms with E-state index in [4.69, 9.17) is 23.7 Å². The lowest BCUT2D eigenvalue weighted by Crippen LogP contribution is -2.52. The summed E-state index contributed by atoms with van der Waals surface area (Å²) in [7, 11) is 0. The first-order chi connectivity index (χ1) is 11.9. The smallest absolute Gasteiger partial charge is 0.303 e. The highest BCUT2D eigenvalue weighted by Gasteiger charge is 2.42. The molecular formula is C16H24O10. The van der Waals surface area contributed by atoms with E-state index in [9.17, 15) is 24.0 Å². The van der Waals surface area contributed by atoms with E-state index in [1.807, 2.05) is 0 Å². The molecule has 0 aromatic rings. The van der Waals surface area contributed by atoms with Gasteiger partial charge in [-0.2, -0.15) is 0 Å². The molecule has 0 N–H and O–H groups in total. The molecule has 26 heavy (non-hydrogen) atoms. The summed E-state index contributed by atoms with van der Waals surface area (Å²) in [6.07, 6.45) is -5.02. The van der Waals surface area contributed by atoms with Gasteiger partial charge in [0.05, 0.1) is 0 Å². The summed E-state index contributed by atoms with van der Waals surface area (Å²) < 4.78 is 25.1. The number of hydrogen-bond donors (Lipinski definition) is 0. The first kappa shape index (κ1) is 23.4. The molecule has 148 valence electrons. The van der Waals surface area contributed by atoms with Gasteiger partial charge in [-0.25, -0.2) is 0 Å². The third-order valence-corrected chi connectivity index (χ3v) is 2.88. The molecule has 0 fully saturated rings. The highest BCUT2D eigenvalue weighted by Crippen LogP contribution is 2.19. The van der Waals surface area contributed by atoms with E-state index in [1.54, 1.807) is 0 Å². The zero-order valence-electron chi connectivity index (χ0n) is 15.6. The van der Waals surface area contributed by atoms with E-state index in [0.29, 0.717) is 0 Å². The van der Waals surface area contributed by atoms with Gasteiger partial charge in [-0.3, -0.25) is 24.0 Å². The van der Waals surface area contributed by atoms with E-state index >= 15 is 0 Å². The highest BCUT2D eigenvalue weighted by atomic mass is 16.6. The lowest BCUT2D eigenvalue weighted by Gasteiger charge is -2.34. The van der Waals surface area contributed by atoms with Gasteiger partial charge in [0, 0.05) is 34.6 Å². The Bertz CT molecular complexity index is 541. The quantitative estimate of drug-likeness (QED) is 0.409. The molecule has 10 heteroatoms. The molecule has 0 aliphatic rings. The second kappa shape index (κ2) is 11.1. The van der Waals surface area contributed by atoms with Crippen LogP contribution in [0, 0.1) is 0 Å². The van der Waals surface area contributed by atoms with Crippen molar-refractivity contribution in [2.45, 2.75) is 66.0 Å². The Morgan fingerprint density at radius 2 is 1.04 bits per heavy atom. The molecule has 0 heterocycles. The van der Waals surface area contributed by atoms with Crippen LogP contribution in [0.2, 0.25) is 0 Å². The fourth-order valence-electron chi connectivity index (χ4n) is 2.11. The average Bonchev–Trinajstić information content (AvgIpc) is 2.45. The Morgan fingerprint density at radius 1 is 0.615 bits per heavy atom. The molecule has 0 aliphatic heterocycles. The van der Waals surface area contributed by atoms with Crippen molar-refractivity contribution in [3.8, 4) is 0 Å². The minimum absolute atomic E-state index is 0.461. The van der Waals surface area contributed by atoms with Crippen molar-refractivity contribution in [1.29, 1.82) is 0 Å². The van der Waals surface area contributed by atoms with Crippen LogP contribution >= 0.6 is 0 Å². The summed E-state index contributed by atoms with van der Waals surface area (Å²) in [4.78, 5) is 56.6. The molecule has 0 aromatic heterocycles. The Hall–Kier alpha value is -2.65. The molecular weight excluding hydrogens is 352 g/mol. The maximum atomic E-state index is 11.5. The summed E-state index contributed by atoms with van der Waals surface area (Å²) in [6.45, 7) is 6.51. The lowest BCUT2D eigenvalue weighted by atomic mass is 10.0. The highest BCUT2D eigenvalue weighted by molar-refractivity contribution is 5.69. The van der Waals surface area contributed by atoms with Gasteiger partial charge < -0.3 is 23.7 Å². The van der Waals surface area contributed by atoms with Crippen LogP contribution in [0.15, 0.2) is 0 Å². The van der Waals surface area contributed by atoms with E-state index in [-0.39, 0.29) is 0 Å². The zero-order chi connectivity index (χ0) is 20.4. The van der Waals surface area contributed by atoms with E-state index in [1.165, 1.54) is 6.92 Å². The largest absolute Gasteiger partial charge is 0.462 e. The van der Waals surface area contributed by atoms with Gasteiger partial charge in [0.1, 0.15) is 12.7 Å². The molecule has 0 unspecified atom stereocenters. The van der Waals surface area contributed by atoms with E-state index in [2.05, 4.69) is 0 Å². The normalized spacial score (nSPS) is 14.8. The number of carbonyl (C=O) groups is 5. The summed E-state index contributed by atoms with van der Waals surface area (Å²) in [5.41, 5.74) is 0. The van der Waals surface area contributed by atoms with Gasteiger partial charge in [0.25, 0.3) is 0 Å². The fraction of sp³-hybridized carbons (Fsp3) is 0.688. The maximum Gasteiger partial charge on any atom is 0.303 e. The molecule has 4 atom stereocenters. The van der Waals surface area contributed by atoms with Gasteiger partial charge in [-0.05, 0) is 6.92 Å². The van der Waals surface area contributed by atoms with Crippen molar-refractivity contribution in [2.75, 3.05) is 6.61 Å². The molecule has 0 rings (SSSR count). The summed E-state index contributed by atoms with van der Waals surface area (Å²) in [6, 6.07) is 0. The second-order valence-corrected chi connectivity index (χ2v) is 5.41. The molecule has 0 spiro atoms. The summed E-state index contributed by atoms with van der Waals surface area (Å²) in [5, 5.41) is 0. The average molecular weight is 376 g/mol. The van der Waals surface area contributed by atoms with Crippen LogP contribution in [0.3, 0.4) is 0 Å². The number of rotatable bonds is 9. The zero-order valence-corrected chi connectivity index (χ0v) is 15.6. The second-order valence-electron chi connectivity index (χ2n) is 5.41. The van der Waals surface area contributed by atoms with Crippen LogP contribution in [0.25, 0.3) is 0 Å². The third-order valence-electron chi connectivity index (χ3n) is 2.88. The van der Waals surface area contributed by atoms with Crippen LogP contribution in [-0.4, -0.2) is 60.9 Å². The van der Waals surface area contributed by atoms with E-state index in [0.717, 1.165) is 34.6 Å². The monoisotopic (exact) mass is 376 g/mol. The Kier molecular flexibility index (Phi) is 9.93. The molecule has 0 radical (unpaired) electrons. The molecule has 0 aromatic carbocycles. The SMILES string of the molecule is CC(=O)OC[C@@H](OC(C)=O)[C@@H](OC(C)=O)[C@H](OC(C)=O)[C@H](C)OC(C)=O. The van der Waals surface area contributed by atoms with Crippen molar-refractivity contribution in [3.05, 3.63) is 0 Å². The first-order valence-electron chi connectivity index (χ1n) is 7.76. The minimum atomic E-state index is -1.38. The third kappa shape index (κ3) is 9.60. The van der Waals surface area contributed by atoms with Crippen LogP contribution in [0.4, 0.5) is 0 Å². The Labute approximate surface area is 151 Å². The van der Waals surface area contributed by atoms with Crippen molar-refractivity contribution in [1.82, 2.24) is 0 Å². The molecule has 10 nitrogen and oxygen atoms in total. The summed E-state index contributed by atoms with van der Waals surface area (Å²) >= 11 is 0. The minimum Gasteiger partial charge on any atom is -0.462 e. The molecule has 0 saturated carbocycles. The van der Waals surface area contributed by atoms with Crippen molar-refractivity contribution >= 4 is 29.8 Å². The predicted octanol–water partition coefficient (Wildman–Crippen LogP) is 0.296. The molecule has 0 aliphatic carbocycles.